The van der Waals surface area contributed by atoms with E-state index in [1.54, 1.807) is 17.0 Å². The number of aromatic nitrogens is 1. The van der Waals surface area contributed by atoms with Gasteiger partial charge >= 0.3 is 0 Å². The molecule has 19 heavy (non-hydrogen) atoms. The van der Waals surface area contributed by atoms with E-state index in [4.69, 9.17) is 34.8 Å². The minimum Gasteiger partial charge on any atom is -0.318 e. The Morgan fingerprint density at radius 3 is 2.21 bits per heavy atom. The van der Waals surface area contributed by atoms with E-state index < -0.39 is 0 Å². The van der Waals surface area contributed by atoms with Crippen molar-refractivity contribution >= 4 is 46.4 Å². The maximum absolute atomic E-state index is 11.9. The Morgan fingerprint density at radius 2 is 1.63 bits per heavy atom. The van der Waals surface area contributed by atoms with Gasteiger partial charge in [-0.05, 0) is 12.1 Å². The summed E-state index contributed by atoms with van der Waals surface area (Å²) in [5.74, 6) is -0.220. The van der Waals surface area contributed by atoms with Crippen LogP contribution in [0.1, 0.15) is 0 Å². The molecule has 2 aromatic rings. The van der Waals surface area contributed by atoms with Crippen molar-refractivity contribution in [1.82, 2.24) is 0 Å². The number of carbonyl (C=O) groups is 1. The molecular weight excluding hydrogens is 307 g/mol. The summed E-state index contributed by atoms with van der Waals surface area (Å²) in [6.07, 6.45) is 3.59. The van der Waals surface area contributed by atoms with Crippen molar-refractivity contribution in [3.63, 3.8) is 0 Å². The molecule has 0 aliphatic carbocycles. The van der Waals surface area contributed by atoms with Crippen LogP contribution >= 0.6 is 34.8 Å². The topological polar surface area (TPSA) is 33.0 Å². The summed E-state index contributed by atoms with van der Waals surface area (Å²) in [4.78, 5) is 11.9. The third kappa shape index (κ3) is 3.83. The van der Waals surface area contributed by atoms with Crippen molar-refractivity contribution < 1.29 is 9.36 Å². The van der Waals surface area contributed by atoms with Crippen molar-refractivity contribution in [2.45, 2.75) is 6.54 Å². The van der Waals surface area contributed by atoms with Crippen molar-refractivity contribution in [2.24, 2.45) is 0 Å². The Balaban J connectivity index is 2.12. The van der Waals surface area contributed by atoms with E-state index in [0.717, 1.165) is 0 Å². The van der Waals surface area contributed by atoms with Crippen molar-refractivity contribution in [1.29, 1.82) is 0 Å². The molecule has 1 N–H and O–H groups in total. The molecule has 2 rings (SSSR count). The number of anilines is 1. The van der Waals surface area contributed by atoms with Gasteiger partial charge in [-0.3, -0.25) is 4.79 Å². The van der Waals surface area contributed by atoms with Gasteiger partial charge in [0.1, 0.15) is 0 Å². The second kappa shape index (κ2) is 6.24. The number of benzene rings is 1. The molecule has 1 aromatic heterocycles. The second-order valence-electron chi connectivity index (χ2n) is 3.84. The van der Waals surface area contributed by atoms with Gasteiger partial charge in [0.05, 0.1) is 15.7 Å². The van der Waals surface area contributed by atoms with Gasteiger partial charge < -0.3 is 5.32 Å². The van der Waals surface area contributed by atoms with Gasteiger partial charge in [-0.15, -0.1) is 0 Å². The lowest BCUT2D eigenvalue weighted by molar-refractivity contribution is -0.684. The Labute approximate surface area is 125 Å². The van der Waals surface area contributed by atoms with E-state index in [2.05, 4.69) is 5.32 Å². The molecule has 0 fully saturated rings. The Morgan fingerprint density at radius 1 is 1.05 bits per heavy atom. The zero-order valence-corrected chi connectivity index (χ0v) is 12.0. The average molecular weight is 317 g/mol. The van der Waals surface area contributed by atoms with Gasteiger partial charge in [-0.25, -0.2) is 0 Å². The Kier molecular flexibility index (Phi) is 4.64. The summed E-state index contributed by atoms with van der Waals surface area (Å²) in [5, 5.41) is 3.71. The third-order valence-corrected chi connectivity index (χ3v) is 3.19. The highest BCUT2D eigenvalue weighted by Crippen LogP contribution is 2.33. The normalized spacial score (nSPS) is 10.3. The van der Waals surface area contributed by atoms with Crippen LogP contribution in [-0.2, 0) is 11.3 Å². The smallest absolute Gasteiger partial charge is 0.290 e. The lowest BCUT2D eigenvalue weighted by Gasteiger charge is -2.08. The number of nitrogens with one attached hydrogen (secondary N) is 1. The molecule has 0 aliphatic rings. The molecule has 3 nitrogen and oxygen atoms in total. The molecule has 0 aliphatic heterocycles. The van der Waals surface area contributed by atoms with Gasteiger partial charge in [0.25, 0.3) is 5.91 Å². The predicted octanol–water partition coefficient (Wildman–Crippen LogP) is 3.57. The molecule has 0 unspecified atom stereocenters. The van der Waals surface area contributed by atoms with Gasteiger partial charge in [0.2, 0.25) is 6.54 Å². The fourth-order valence-electron chi connectivity index (χ4n) is 1.55. The predicted molar refractivity (Wildman–Crippen MR) is 76.7 cm³/mol. The first-order valence-electron chi connectivity index (χ1n) is 5.45. The number of hydrogen-bond acceptors (Lipinski definition) is 1. The van der Waals surface area contributed by atoms with Crippen LogP contribution in [0.3, 0.4) is 0 Å². The maximum atomic E-state index is 11.9. The molecule has 0 spiro atoms. The monoisotopic (exact) mass is 315 g/mol. The van der Waals surface area contributed by atoms with Crippen LogP contribution in [0.25, 0.3) is 0 Å². The summed E-state index contributed by atoms with van der Waals surface area (Å²) in [5.41, 5.74) is 0.370. The van der Waals surface area contributed by atoms with E-state index >= 15 is 0 Å². The van der Waals surface area contributed by atoms with Gasteiger partial charge in [0, 0.05) is 17.2 Å². The number of pyridine rings is 1. The summed E-state index contributed by atoms with van der Waals surface area (Å²) >= 11 is 17.8. The number of halogens is 3. The molecule has 1 aromatic carbocycles. The highest BCUT2D eigenvalue weighted by atomic mass is 35.5. The number of nitrogens with zero attached hydrogens (tertiary/aromatic N) is 1. The first-order valence-corrected chi connectivity index (χ1v) is 6.58. The largest absolute Gasteiger partial charge is 0.318 e. The minimum atomic E-state index is -0.220. The fourth-order valence-corrected chi connectivity index (χ4v) is 2.46. The average Bonchev–Trinajstić information content (AvgIpc) is 2.35. The van der Waals surface area contributed by atoms with Crippen molar-refractivity contribution in [3.8, 4) is 0 Å². The van der Waals surface area contributed by atoms with E-state index in [-0.39, 0.29) is 12.5 Å². The van der Waals surface area contributed by atoms with Crippen LogP contribution in [0.15, 0.2) is 42.7 Å². The third-order valence-electron chi connectivity index (χ3n) is 2.37. The zero-order valence-electron chi connectivity index (χ0n) is 9.74. The molecule has 1 amide bonds. The van der Waals surface area contributed by atoms with Crippen LogP contribution in [0.5, 0.6) is 0 Å². The van der Waals surface area contributed by atoms with Crippen LogP contribution in [-0.4, -0.2) is 5.91 Å². The second-order valence-corrected chi connectivity index (χ2v) is 5.09. The summed E-state index contributed by atoms with van der Waals surface area (Å²) in [7, 11) is 0. The van der Waals surface area contributed by atoms with Crippen LogP contribution in [0, 0.1) is 0 Å². The first kappa shape index (κ1) is 14.1. The molecular formula is C13H10Cl3N2O+. The first-order chi connectivity index (χ1) is 9.06. The Bertz CT molecular complexity index is 579. The van der Waals surface area contributed by atoms with Gasteiger partial charge in [-0.1, -0.05) is 40.9 Å². The highest BCUT2D eigenvalue weighted by Gasteiger charge is 2.14. The zero-order chi connectivity index (χ0) is 13.8. The maximum Gasteiger partial charge on any atom is 0.290 e. The van der Waals surface area contributed by atoms with Gasteiger partial charge in [0.15, 0.2) is 12.4 Å². The fraction of sp³-hybridized carbons (Fsp3) is 0.0769. The van der Waals surface area contributed by atoms with Crippen LogP contribution in [0.2, 0.25) is 15.1 Å². The minimum absolute atomic E-state index is 0.177. The number of carbonyl (C=O) groups excluding carboxylic acids is 1. The van der Waals surface area contributed by atoms with Crippen molar-refractivity contribution in [2.75, 3.05) is 5.32 Å². The summed E-state index contributed by atoms with van der Waals surface area (Å²) < 4.78 is 1.74. The number of amides is 1. The number of rotatable bonds is 3. The van der Waals surface area contributed by atoms with E-state index in [9.17, 15) is 4.79 Å². The standard InChI is InChI=1S/C13H9Cl3N2O/c14-9-6-10(15)13(11(16)7-9)17-12(19)8-18-4-2-1-3-5-18/h1-7H,8H2/p+1. The molecule has 1 heterocycles. The van der Waals surface area contributed by atoms with Crippen LogP contribution < -0.4 is 9.88 Å². The van der Waals surface area contributed by atoms with Crippen LogP contribution in [0.4, 0.5) is 5.69 Å². The summed E-state index contributed by atoms with van der Waals surface area (Å²) in [6.45, 7) is 0.177. The lowest BCUT2D eigenvalue weighted by Crippen LogP contribution is -2.39. The molecule has 0 saturated carbocycles. The van der Waals surface area contributed by atoms with E-state index in [1.807, 2.05) is 18.2 Å². The highest BCUT2D eigenvalue weighted by molar-refractivity contribution is 6.42. The van der Waals surface area contributed by atoms with E-state index in [0.29, 0.717) is 20.8 Å². The molecule has 6 heteroatoms. The van der Waals surface area contributed by atoms with Crippen molar-refractivity contribution in [3.05, 3.63) is 57.8 Å². The lowest BCUT2D eigenvalue weighted by atomic mass is 10.3. The quantitative estimate of drug-likeness (QED) is 0.863. The summed E-state index contributed by atoms with van der Waals surface area (Å²) in [6, 6.07) is 8.62. The molecule has 0 bridgehead atoms. The SMILES string of the molecule is O=C(C[n+]1ccccc1)Nc1c(Cl)cc(Cl)cc1Cl. The number of hydrogen-bond donors (Lipinski definition) is 1. The molecule has 0 radical (unpaired) electrons. The molecule has 0 saturated heterocycles. The molecule has 0 atom stereocenters. The molecule has 98 valence electrons. The van der Waals surface area contributed by atoms with E-state index in [1.165, 1.54) is 12.1 Å². The Hall–Kier alpha value is -1.29. The van der Waals surface area contributed by atoms with Gasteiger partial charge in [-0.2, -0.15) is 4.57 Å².